The molecule has 0 unspecified atom stereocenters. The minimum atomic E-state index is -0.302. The molecule has 0 atom stereocenters. The molecule has 0 aliphatic carbocycles. The van der Waals surface area contributed by atoms with Crippen LogP contribution in [0.1, 0.15) is 16.8 Å². The molecule has 25 heavy (non-hydrogen) atoms. The van der Waals surface area contributed by atoms with Crippen molar-refractivity contribution in [1.29, 1.82) is 0 Å². The van der Waals surface area contributed by atoms with Gasteiger partial charge in [0.1, 0.15) is 11.0 Å². The Morgan fingerprint density at radius 3 is 2.68 bits per heavy atom. The van der Waals surface area contributed by atoms with Crippen molar-refractivity contribution in [3.05, 3.63) is 82.4 Å². The van der Waals surface area contributed by atoms with Crippen LogP contribution >= 0.6 is 11.6 Å². The van der Waals surface area contributed by atoms with Gasteiger partial charge >= 0.3 is 0 Å². The van der Waals surface area contributed by atoms with Crippen molar-refractivity contribution in [3.63, 3.8) is 0 Å². The lowest BCUT2D eigenvalue weighted by atomic mass is 10.1. The van der Waals surface area contributed by atoms with E-state index in [1.807, 2.05) is 6.07 Å². The molecule has 0 saturated carbocycles. The second kappa shape index (κ2) is 6.90. The van der Waals surface area contributed by atoms with Crippen molar-refractivity contribution in [1.82, 2.24) is 14.9 Å². The van der Waals surface area contributed by atoms with Gasteiger partial charge in [0.25, 0.3) is 0 Å². The van der Waals surface area contributed by atoms with E-state index in [4.69, 9.17) is 11.6 Å². The third kappa shape index (κ3) is 3.55. The van der Waals surface area contributed by atoms with Gasteiger partial charge in [-0.3, -0.25) is 4.90 Å². The quantitative estimate of drug-likeness (QED) is 0.649. The molecule has 1 aliphatic rings. The Balaban J connectivity index is 1.59. The highest BCUT2D eigenvalue weighted by atomic mass is 35.5. The number of halogens is 2. The van der Waals surface area contributed by atoms with E-state index in [2.05, 4.69) is 39.1 Å². The Bertz CT molecular complexity index is 899. The minimum absolute atomic E-state index is 0.302. The minimum Gasteiger partial charge on any atom is -0.294 e. The average molecular weight is 354 g/mol. The molecule has 4 rings (SSSR count). The van der Waals surface area contributed by atoms with Crippen molar-refractivity contribution in [2.24, 2.45) is 0 Å². The molecule has 0 N–H and O–H groups in total. The standard InChI is InChI=1S/C20H17ClFN3/c21-19-17-13-25(12-14-5-2-1-3-6-14)10-9-18(17)23-20(24-19)15-7-4-8-16(22)11-15/h1-8,11H,9-10,12-13H2. The van der Waals surface area contributed by atoms with Crippen LogP contribution in [0, 0.1) is 5.82 Å². The highest BCUT2D eigenvalue weighted by Gasteiger charge is 2.22. The lowest BCUT2D eigenvalue weighted by Gasteiger charge is -2.28. The zero-order valence-electron chi connectivity index (χ0n) is 13.6. The maximum Gasteiger partial charge on any atom is 0.161 e. The van der Waals surface area contributed by atoms with Crippen LogP contribution in [0.5, 0.6) is 0 Å². The first-order valence-corrected chi connectivity index (χ1v) is 8.64. The molecule has 1 aromatic heterocycles. The van der Waals surface area contributed by atoms with Crippen LogP contribution in [-0.4, -0.2) is 21.4 Å². The SMILES string of the molecule is Fc1cccc(-c2nc(Cl)c3c(n2)CCN(Cc2ccccc2)C3)c1. The van der Waals surface area contributed by atoms with Crippen molar-refractivity contribution < 1.29 is 4.39 Å². The fraction of sp³-hybridized carbons (Fsp3) is 0.200. The fourth-order valence-corrected chi connectivity index (χ4v) is 3.41. The molecule has 0 spiro atoms. The summed E-state index contributed by atoms with van der Waals surface area (Å²) in [6.07, 6.45) is 0.812. The summed E-state index contributed by atoms with van der Waals surface area (Å²) in [5.41, 5.74) is 3.86. The Morgan fingerprint density at radius 1 is 1.04 bits per heavy atom. The Labute approximate surface area is 151 Å². The Kier molecular flexibility index (Phi) is 4.47. The molecule has 2 heterocycles. The summed E-state index contributed by atoms with van der Waals surface area (Å²) in [6.45, 7) is 2.52. The predicted octanol–water partition coefficient (Wildman–Crippen LogP) is 4.49. The molecule has 5 heteroatoms. The van der Waals surface area contributed by atoms with Crippen molar-refractivity contribution in [3.8, 4) is 11.4 Å². The zero-order valence-corrected chi connectivity index (χ0v) is 14.4. The molecular weight excluding hydrogens is 337 g/mol. The van der Waals surface area contributed by atoms with Crippen LogP contribution in [0.15, 0.2) is 54.6 Å². The van der Waals surface area contributed by atoms with Gasteiger partial charge in [-0.2, -0.15) is 0 Å². The predicted molar refractivity (Wildman–Crippen MR) is 96.7 cm³/mol. The lowest BCUT2D eigenvalue weighted by molar-refractivity contribution is 0.243. The second-order valence-electron chi connectivity index (χ2n) is 6.22. The van der Waals surface area contributed by atoms with Crippen LogP contribution in [0.2, 0.25) is 5.15 Å². The molecule has 0 bridgehead atoms. The van der Waals surface area contributed by atoms with Gasteiger partial charge in [0.15, 0.2) is 5.82 Å². The van der Waals surface area contributed by atoms with Crippen molar-refractivity contribution >= 4 is 11.6 Å². The topological polar surface area (TPSA) is 29.0 Å². The number of benzene rings is 2. The first kappa shape index (κ1) is 16.2. The average Bonchev–Trinajstić information content (AvgIpc) is 2.63. The molecular formula is C20H17ClFN3. The van der Waals surface area contributed by atoms with Gasteiger partial charge in [-0.05, 0) is 17.7 Å². The molecule has 0 saturated heterocycles. The molecule has 0 amide bonds. The van der Waals surface area contributed by atoms with Gasteiger partial charge in [0.05, 0.1) is 5.69 Å². The number of hydrogen-bond acceptors (Lipinski definition) is 3. The van der Waals surface area contributed by atoms with E-state index in [0.717, 1.165) is 37.3 Å². The van der Waals surface area contributed by atoms with Crippen LogP contribution < -0.4 is 0 Å². The van der Waals surface area contributed by atoms with Gasteiger partial charge in [0.2, 0.25) is 0 Å². The van der Waals surface area contributed by atoms with E-state index in [1.54, 1.807) is 12.1 Å². The fourth-order valence-electron chi connectivity index (χ4n) is 3.16. The van der Waals surface area contributed by atoms with E-state index in [1.165, 1.54) is 17.7 Å². The van der Waals surface area contributed by atoms with Gasteiger partial charge in [0, 0.05) is 37.2 Å². The highest BCUT2D eigenvalue weighted by molar-refractivity contribution is 6.30. The summed E-state index contributed by atoms with van der Waals surface area (Å²) < 4.78 is 13.5. The summed E-state index contributed by atoms with van der Waals surface area (Å²) in [5.74, 6) is 0.184. The third-order valence-corrected chi connectivity index (χ3v) is 4.73. The number of aromatic nitrogens is 2. The van der Waals surface area contributed by atoms with Crippen molar-refractivity contribution in [2.45, 2.75) is 19.5 Å². The number of nitrogens with zero attached hydrogens (tertiary/aromatic N) is 3. The summed E-state index contributed by atoms with van der Waals surface area (Å²) in [7, 11) is 0. The van der Waals surface area contributed by atoms with Crippen LogP contribution in [-0.2, 0) is 19.5 Å². The van der Waals surface area contributed by atoms with Gasteiger partial charge in [-0.15, -0.1) is 0 Å². The van der Waals surface area contributed by atoms with Crippen molar-refractivity contribution in [2.75, 3.05) is 6.54 Å². The zero-order chi connectivity index (χ0) is 17.2. The van der Waals surface area contributed by atoms with Gasteiger partial charge < -0.3 is 0 Å². The first-order valence-electron chi connectivity index (χ1n) is 8.26. The second-order valence-corrected chi connectivity index (χ2v) is 6.58. The number of fused-ring (bicyclic) bond motifs is 1. The molecule has 2 aromatic carbocycles. The van der Waals surface area contributed by atoms with Crippen LogP contribution in [0.25, 0.3) is 11.4 Å². The number of rotatable bonds is 3. The summed E-state index contributed by atoms with van der Waals surface area (Å²) in [5, 5.41) is 0.460. The summed E-state index contributed by atoms with van der Waals surface area (Å²) in [4.78, 5) is 11.4. The van der Waals surface area contributed by atoms with Gasteiger partial charge in [-0.25, -0.2) is 14.4 Å². The van der Waals surface area contributed by atoms with Crippen LogP contribution in [0.4, 0.5) is 4.39 Å². The van der Waals surface area contributed by atoms with E-state index in [9.17, 15) is 4.39 Å². The molecule has 3 aromatic rings. The highest BCUT2D eigenvalue weighted by Crippen LogP contribution is 2.28. The maximum absolute atomic E-state index is 13.5. The summed E-state index contributed by atoms with van der Waals surface area (Å²) >= 11 is 6.43. The van der Waals surface area contributed by atoms with E-state index in [0.29, 0.717) is 16.5 Å². The van der Waals surface area contributed by atoms with E-state index >= 15 is 0 Å². The Morgan fingerprint density at radius 2 is 1.88 bits per heavy atom. The van der Waals surface area contributed by atoms with E-state index in [-0.39, 0.29) is 5.82 Å². The molecule has 126 valence electrons. The number of hydrogen-bond donors (Lipinski definition) is 0. The molecule has 3 nitrogen and oxygen atoms in total. The molecule has 0 fully saturated rings. The van der Waals surface area contributed by atoms with Gasteiger partial charge in [-0.1, -0.05) is 54.1 Å². The normalized spacial score (nSPS) is 14.3. The monoisotopic (exact) mass is 353 g/mol. The molecule has 1 aliphatic heterocycles. The van der Waals surface area contributed by atoms with Crippen LogP contribution in [0.3, 0.4) is 0 Å². The summed E-state index contributed by atoms with van der Waals surface area (Å²) in [6, 6.07) is 16.7. The largest absolute Gasteiger partial charge is 0.294 e. The smallest absolute Gasteiger partial charge is 0.161 e. The van der Waals surface area contributed by atoms with E-state index < -0.39 is 0 Å². The first-order chi connectivity index (χ1) is 12.2. The lowest BCUT2D eigenvalue weighted by Crippen LogP contribution is -2.31. The Hall–Kier alpha value is -2.30. The molecule has 0 radical (unpaired) electrons. The maximum atomic E-state index is 13.5. The third-order valence-electron chi connectivity index (χ3n) is 4.42.